The Morgan fingerprint density at radius 3 is 1.33 bits per heavy atom. The molecular formula is C12H8N2O4. The van der Waals surface area contributed by atoms with E-state index in [9.17, 15) is 19.2 Å². The van der Waals surface area contributed by atoms with Crippen LogP contribution in [0, 0.1) is 0 Å². The van der Waals surface area contributed by atoms with Gasteiger partial charge in [0, 0.05) is 23.5 Å². The Balaban J connectivity index is 2.69. The van der Waals surface area contributed by atoms with Crippen molar-refractivity contribution in [1.29, 1.82) is 0 Å². The number of aromatic nitrogens is 2. The molecular weight excluding hydrogens is 236 g/mol. The van der Waals surface area contributed by atoms with Gasteiger partial charge in [0.15, 0.2) is 25.1 Å². The van der Waals surface area contributed by atoms with E-state index in [-0.39, 0.29) is 22.5 Å². The molecule has 0 unspecified atom stereocenters. The number of carbonyl (C=O) groups excluding carboxylic acids is 4. The highest BCUT2D eigenvalue weighted by Crippen LogP contribution is 2.28. The highest BCUT2D eigenvalue weighted by atomic mass is 16.1. The van der Waals surface area contributed by atoms with Crippen LogP contribution in [0.1, 0.15) is 41.7 Å². The zero-order valence-electron chi connectivity index (χ0n) is 9.10. The average Bonchev–Trinajstić information content (AvgIpc) is 3.00. The van der Waals surface area contributed by atoms with Crippen LogP contribution >= 0.6 is 0 Å². The first kappa shape index (κ1) is 11.7. The first-order chi connectivity index (χ1) is 8.76. The normalized spacial score (nSPS) is 10.0. The largest absolute Gasteiger partial charge is 0.358 e. The molecule has 0 aliphatic heterocycles. The fraction of sp³-hybridized carbons (Fsp3) is 0. The van der Waals surface area contributed by atoms with E-state index in [1.807, 2.05) is 0 Å². The minimum absolute atomic E-state index is 0.130. The van der Waals surface area contributed by atoms with Crippen molar-refractivity contribution in [2.24, 2.45) is 0 Å². The zero-order chi connectivity index (χ0) is 13.1. The van der Waals surface area contributed by atoms with Crippen LogP contribution in [0.2, 0.25) is 0 Å². The molecule has 6 nitrogen and oxygen atoms in total. The fourth-order valence-electron chi connectivity index (χ4n) is 1.80. The summed E-state index contributed by atoms with van der Waals surface area (Å²) in [5.74, 6) is 0. The average molecular weight is 244 g/mol. The van der Waals surface area contributed by atoms with Crippen LogP contribution in [0.4, 0.5) is 0 Å². The van der Waals surface area contributed by atoms with Crippen molar-refractivity contribution in [3.05, 3.63) is 34.9 Å². The Morgan fingerprint density at radius 1 is 0.667 bits per heavy atom. The highest BCUT2D eigenvalue weighted by Gasteiger charge is 2.17. The number of H-pyrrole nitrogens is 2. The predicted octanol–water partition coefficient (Wildman–Crippen LogP) is 1.26. The van der Waals surface area contributed by atoms with Gasteiger partial charge in [0.1, 0.15) is 0 Å². The summed E-state index contributed by atoms with van der Waals surface area (Å²) in [4.78, 5) is 48.7. The van der Waals surface area contributed by atoms with Gasteiger partial charge in [-0.1, -0.05) is 0 Å². The van der Waals surface area contributed by atoms with Crippen molar-refractivity contribution < 1.29 is 19.2 Å². The lowest BCUT2D eigenvalue weighted by molar-refractivity contribution is 0.109. The lowest BCUT2D eigenvalue weighted by Crippen LogP contribution is -1.91. The Morgan fingerprint density at radius 2 is 1.06 bits per heavy atom. The molecule has 0 aromatic carbocycles. The van der Waals surface area contributed by atoms with E-state index in [0.29, 0.717) is 36.3 Å². The molecule has 18 heavy (non-hydrogen) atoms. The third kappa shape index (κ3) is 1.60. The van der Waals surface area contributed by atoms with Crippen molar-refractivity contribution >= 4 is 25.1 Å². The number of carbonyl (C=O) groups is 4. The van der Waals surface area contributed by atoms with Crippen LogP contribution < -0.4 is 0 Å². The molecule has 0 saturated carbocycles. The van der Waals surface area contributed by atoms with Gasteiger partial charge in [-0.05, 0) is 0 Å². The molecule has 0 radical (unpaired) electrons. The summed E-state index contributed by atoms with van der Waals surface area (Å²) >= 11 is 0. The number of nitrogens with one attached hydrogen (secondary N) is 2. The summed E-state index contributed by atoms with van der Waals surface area (Å²) in [5, 5.41) is 0. The minimum atomic E-state index is 0.130. The highest BCUT2D eigenvalue weighted by molar-refractivity contribution is 6.02. The molecule has 2 aromatic rings. The number of aldehydes is 4. The van der Waals surface area contributed by atoms with Crippen molar-refractivity contribution in [1.82, 2.24) is 9.97 Å². The second-order valence-corrected chi connectivity index (χ2v) is 3.53. The van der Waals surface area contributed by atoms with E-state index in [1.54, 1.807) is 0 Å². The van der Waals surface area contributed by atoms with Crippen molar-refractivity contribution in [2.75, 3.05) is 0 Å². The second kappa shape index (κ2) is 4.62. The molecule has 0 bridgehead atoms. The maximum Gasteiger partial charge on any atom is 0.167 e. The van der Waals surface area contributed by atoms with Gasteiger partial charge in [0.25, 0.3) is 0 Å². The lowest BCUT2D eigenvalue weighted by atomic mass is 10.0. The molecule has 2 N–H and O–H groups in total. The van der Waals surface area contributed by atoms with Gasteiger partial charge in [-0.15, -0.1) is 0 Å². The monoisotopic (exact) mass is 244 g/mol. The van der Waals surface area contributed by atoms with Gasteiger partial charge in [0.05, 0.1) is 22.5 Å². The van der Waals surface area contributed by atoms with E-state index in [0.717, 1.165) is 0 Å². The molecule has 0 aliphatic carbocycles. The van der Waals surface area contributed by atoms with E-state index >= 15 is 0 Å². The maximum atomic E-state index is 11.0. The summed E-state index contributed by atoms with van der Waals surface area (Å²) in [5.41, 5.74) is 1.38. The Kier molecular flexibility index (Phi) is 3.01. The molecule has 6 heteroatoms. The first-order valence-corrected chi connectivity index (χ1v) is 5.00. The Labute approximate surface area is 101 Å². The Hall–Kier alpha value is -2.76. The molecule has 0 spiro atoms. The number of aromatic amines is 2. The molecule has 0 aliphatic rings. The summed E-state index contributed by atoms with van der Waals surface area (Å²) in [6.45, 7) is 0. The molecule has 90 valence electrons. The standard InChI is InChI=1S/C12H8N2O4/c15-3-9-7(1-13-11(9)5-17)8-2-14-12(6-18)10(8)4-16/h1-6,13-14H. The molecule has 0 fully saturated rings. The Bertz CT molecular complexity index is 580. The fourth-order valence-corrected chi connectivity index (χ4v) is 1.80. The van der Waals surface area contributed by atoms with Crippen molar-refractivity contribution in [3.8, 4) is 11.1 Å². The smallest absolute Gasteiger partial charge is 0.167 e. The van der Waals surface area contributed by atoms with Crippen LogP contribution in [0.3, 0.4) is 0 Å². The van der Waals surface area contributed by atoms with Gasteiger partial charge in [0.2, 0.25) is 0 Å². The topological polar surface area (TPSA) is 99.9 Å². The molecule has 0 saturated heterocycles. The molecule has 0 amide bonds. The summed E-state index contributed by atoms with van der Waals surface area (Å²) in [6.07, 6.45) is 4.97. The molecule has 0 atom stereocenters. The third-order valence-corrected chi connectivity index (χ3v) is 2.67. The first-order valence-electron chi connectivity index (χ1n) is 5.00. The minimum Gasteiger partial charge on any atom is -0.358 e. The SMILES string of the molecule is O=Cc1[nH]cc(-c2c[nH]c(C=O)c2C=O)c1C=O. The van der Waals surface area contributed by atoms with E-state index in [1.165, 1.54) is 12.4 Å². The van der Waals surface area contributed by atoms with E-state index in [4.69, 9.17) is 0 Å². The van der Waals surface area contributed by atoms with Crippen LogP contribution in [-0.4, -0.2) is 35.1 Å². The van der Waals surface area contributed by atoms with Gasteiger partial charge in [-0.25, -0.2) is 0 Å². The van der Waals surface area contributed by atoms with E-state index in [2.05, 4.69) is 9.97 Å². The zero-order valence-corrected chi connectivity index (χ0v) is 9.10. The van der Waals surface area contributed by atoms with Gasteiger partial charge < -0.3 is 9.97 Å². The van der Waals surface area contributed by atoms with Crippen molar-refractivity contribution in [3.63, 3.8) is 0 Å². The van der Waals surface area contributed by atoms with Crippen LogP contribution in [0.5, 0.6) is 0 Å². The number of hydrogen-bond acceptors (Lipinski definition) is 4. The van der Waals surface area contributed by atoms with E-state index < -0.39 is 0 Å². The summed E-state index contributed by atoms with van der Waals surface area (Å²) in [7, 11) is 0. The van der Waals surface area contributed by atoms with Gasteiger partial charge >= 0.3 is 0 Å². The molecule has 2 aromatic heterocycles. The summed E-state index contributed by atoms with van der Waals surface area (Å²) < 4.78 is 0. The molecule has 2 heterocycles. The lowest BCUT2D eigenvalue weighted by Gasteiger charge is -1.97. The second-order valence-electron chi connectivity index (χ2n) is 3.53. The molecule has 2 rings (SSSR count). The summed E-state index contributed by atoms with van der Waals surface area (Å²) in [6, 6.07) is 0. The van der Waals surface area contributed by atoms with Crippen LogP contribution in [0.15, 0.2) is 12.4 Å². The van der Waals surface area contributed by atoms with Crippen molar-refractivity contribution in [2.45, 2.75) is 0 Å². The van der Waals surface area contributed by atoms with Crippen LogP contribution in [0.25, 0.3) is 11.1 Å². The number of hydrogen-bond donors (Lipinski definition) is 2. The number of rotatable bonds is 5. The van der Waals surface area contributed by atoms with Gasteiger partial charge in [-0.3, -0.25) is 19.2 Å². The predicted molar refractivity (Wildman–Crippen MR) is 62.1 cm³/mol. The third-order valence-electron chi connectivity index (χ3n) is 2.67. The maximum absolute atomic E-state index is 11.0. The van der Waals surface area contributed by atoms with Crippen LogP contribution in [-0.2, 0) is 0 Å². The quantitative estimate of drug-likeness (QED) is 0.773. The van der Waals surface area contributed by atoms with Gasteiger partial charge in [-0.2, -0.15) is 0 Å².